The van der Waals surface area contributed by atoms with Crippen LogP contribution in [-0.2, 0) is 9.59 Å². The second-order valence-corrected chi connectivity index (χ2v) is 16.2. The molecule has 3 aliphatic rings. The van der Waals surface area contributed by atoms with Gasteiger partial charge in [-0.05, 0) is 64.7 Å². The van der Waals surface area contributed by atoms with E-state index in [9.17, 15) is 18.8 Å². The van der Waals surface area contributed by atoms with Crippen molar-refractivity contribution in [3.05, 3.63) is 35.0 Å². The minimum Gasteiger partial charge on any atom is -0.495 e. The number of piperazine rings is 1. The van der Waals surface area contributed by atoms with Gasteiger partial charge in [-0.3, -0.25) is 19.3 Å². The largest absolute Gasteiger partial charge is 0.495 e. The molecule has 3 N–H and O–H groups in total. The SMILES string of the molecule is CNc1nc(Nc2ccc(C(=O)N3CCN(CC(C)SC(C)(C)C(NC(=O)C4(F)CC4)C(=O)N4CCCC4C)CC3)cc2OC)ncc1Cl. The fraction of sp³-hybridized carbons (Fsp3) is 0.618. The molecule has 3 fully saturated rings. The average Bonchev–Trinajstić information content (AvgIpc) is 3.69. The van der Waals surface area contributed by atoms with Gasteiger partial charge in [0.1, 0.15) is 22.6 Å². The van der Waals surface area contributed by atoms with Crippen molar-refractivity contribution in [1.29, 1.82) is 0 Å². The van der Waals surface area contributed by atoms with Gasteiger partial charge in [0.2, 0.25) is 11.9 Å². The van der Waals surface area contributed by atoms with Crippen molar-refractivity contribution < 1.29 is 23.5 Å². The maximum absolute atomic E-state index is 14.7. The van der Waals surface area contributed by atoms with Gasteiger partial charge in [0, 0.05) is 67.9 Å². The van der Waals surface area contributed by atoms with Gasteiger partial charge in [0.15, 0.2) is 5.67 Å². The topological polar surface area (TPSA) is 132 Å². The van der Waals surface area contributed by atoms with Crippen molar-refractivity contribution in [2.75, 3.05) is 64.1 Å². The number of hydrogen-bond acceptors (Lipinski definition) is 10. The molecule has 1 aliphatic carbocycles. The van der Waals surface area contributed by atoms with Crippen LogP contribution in [0.15, 0.2) is 24.4 Å². The van der Waals surface area contributed by atoms with E-state index in [-0.39, 0.29) is 35.9 Å². The van der Waals surface area contributed by atoms with Gasteiger partial charge in [-0.2, -0.15) is 4.98 Å². The third-order valence-electron chi connectivity index (χ3n) is 9.51. The predicted molar refractivity (Wildman–Crippen MR) is 192 cm³/mol. The van der Waals surface area contributed by atoms with E-state index in [0.29, 0.717) is 66.5 Å². The zero-order chi connectivity index (χ0) is 35.5. The molecule has 49 heavy (non-hydrogen) atoms. The van der Waals surface area contributed by atoms with Crippen molar-refractivity contribution in [2.24, 2.45) is 0 Å². The van der Waals surface area contributed by atoms with E-state index in [1.54, 1.807) is 44.1 Å². The Bertz CT molecular complexity index is 1540. The molecule has 3 amide bonds. The zero-order valence-corrected chi connectivity index (χ0v) is 30.7. The highest BCUT2D eigenvalue weighted by Gasteiger charge is 2.53. The lowest BCUT2D eigenvalue weighted by molar-refractivity contribution is -0.139. The molecule has 3 heterocycles. The molecule has 3 atom stereocenters. The Labute approximate surface area is 297 Å². The molecule has 2 aromatic rings. The lowest BCUT2D eigenvalue weighted by atomic mass is 10.0. The predicted octanol–water partition coefficient (Wildman–Crippen LogP) is 4.58. The minimum atomic E-state index is -1.86. The Balaban J connectivity index is 1.16. The fourth-order valence-corrected chi connectivity index (χ4v) is 8.31. The third kappa shape index (κ3) is 8.69. The Kier molecular flexibility index (Phi) is 11.5. The van der Waals surface area contributed by atoms with Crippen molar-refractivity contribution in [3.63, 3.8) is 0 Å². The monoisotopic (exact) mass is 718 g/mol. The number of ether oxygens (including phenoxy) is 1. The summed E-state index contributed by atoms with van der Waals surface area (Å²) in [5, 5.41) is 9.37. The van der Waals surface area contributed by atoms with Gasteiger partial charge >= 0.3 is 0 Å². The van der Waals surface area contributed by atoms with Gasteiger partial charge in [0.25, 0.3) is 11.8 Å². The number of carbonyl (C=O) groups excluding carboxylic acids is 3. The number of rotatable bonds is 13. The number of carbonyl (C=O) groups is 3. The first kappa shape index (κ1) is 36.9. The summed E-state index contributed by atoms with van der Waals surface area (Å²) in [6.07, 6.45) is 3.74. The number of aromatic nitrogens is 2. The molecule has 1 saturated carbocycles. The maximum atomic E-state index is 14.7. The number of benzene rings is 1. The van der Waals surface area contributed by atoms with Gasteiger partial charge in [0.05, 0.1) is 19.0 Å². The Morgan fingerprint density at radius 2 is 1.90 bits per heavy atom. The number of amides is 3. The first-order valence-electron chi connectivity index (χ1n) is 16.9. The molecule has 0 radical (unpaired) electrons. The summed E-state index contributed by atoms with van der Waals surface area (Å²) < 4.78 is 19.6. The summed E-state index contributed by atoms with van der Waals surface area (Å²) in [7, 11) is 3.26. The molecular weight excluding hydrogens is 671 g/mol. The van der Waals surface area contributed by atoms with Crippen LogP contribution < -0.4 is 20.7 Å². The van der Waals surface area contributed by atoms with E-state index in [4.69, 9.17) is 16.3 Å². The van der Waals surface area contributed by atoms with Crippen LogP contribution in [0.1, 0.15) is 63.7 Å². The van der Waals surface area contributed by atoms with Crippen molar-refractivity contribution in [2.45, 2.75) is 81.1 Å². The van der Waals surface area contributed by atoms with E-state index in [2.05, 4.69) is 37.7 Å². The molecule has 1 aromatic heterocycles. The summed E-state index contributed by atoms with van der Waals surface area (Å²) in [4.78, 5) is 54.6. The summed E-state index contributed by atoms with van der Waals surface area (Å²) in [5.74, 6) is 0.401. The second kappa shape index (κ2) is 15.3. The Hall–Kier alpha value is -3.36. The van der Waals surface area contributed by atoms with Crippen LogP contribution in [0.4, 0.5) is 21.8 Å². The smallest absolute Gasteiger partial charge is 0.258 e. The molecule has 15 heteroatoms. The quantitative estimate of drug-likeness (QED) is 0.271. The number of nitrogens with one attached hydrogen (secondary N) is 3. The van der Waals surface area contributed by atoms with Gasteiger partial charge < -0.3 is 30.5 Å². The molecule has 3 unspecified atom stereocenters. The molecule has 2 saturated heterocycles. The van der Waals surface area contributed by atoms with Crippen molar-refractivity contribution >= 4 is 58.5 Å². The normalized spacial score (nSPS) is 20.4. The van der Waals surface area contributed by atoms with Crippen LogP contribution in [0.2, 0.25) is 5.02 Å². The number of methoxy groups -OCH3 is 1. The molecule has 0 spiro atoms. The number of thioether (sulfide) groups is 1. The van der Waals surface area contributed by atoms with Gasteiger partial charge in [-0.15, -0.1) is 11.8 Å². The van der Waals surface area contributed by atoms with E-state index >= 15 is 0 Å². The Morgan fingerprint density at radius 1 is 1.18 bits per heavy atom. The summed E-state index contributed by atoms with van der Waals surface area (Å²) >= 11 is 7.73. The highest BCUT2D eigenvalue weighted by atomic mass is 35.5. The van der Waals surface area contributed by atoms with Crippen molar-refractivity contribution in [1.82, 2.24) is 30.0 Å². The lowest BCUT2D eigenvalue weighted by Gasteiger charge is -2.40. The summed E-state index contributed by atoms with van der Waals surface area (Å²) in [6, 6.07) is 4.49. The van der Waals surface area contributed by atoms with Crippen LogP contribution >= 0.6 is 23.4 Å². The van der Waals surface area contributed by atoms with Gasteiger partial charge in [-0.1, -0.05) is 18.5 Å². The number of halogens is 2. The molecule has 12 nitrogen and oxygen atoms in total. The number of anilines is 3. The molecule has 268 valence electrons. The number of alkyl halides is 1. The van der Waals surface area contributed by atoms with Crippen LogP contribution in [0.5, 0.6) is 5.75 Å². The highest BCUT2D eigenvalue weighted by molar-refractivity contribution is 8.01. The molecule has 1 aromatic carbocycles. The molecule has 5 rings (SSSR count). The third-order valence-corrected chi connectivity index (χ3v) is 11.2. The molecule has 2 aliphatic heterocycles. The Morgan fingerprint density at radius 3 is 2.51 bits per heavy atom. The maximum Gasteiger partial charge on any atom is 0.258 e. The second-order valence-electron chi connectivity index (χ2n) is 13.7. The first-order valence-corrected chi connectivity index (χ1v) is 18.2. The van der Waals surface area contributed by atoms with E-state index < -0.39 is 22.4 Å². The summed E-state index contributed by atoms with van der Waals surface area (Å²) in [6.45, 7) is 12.0. The van der Waals surface area contributed by atoms with E-state index in [1.807, 2.05) is 30.6 Å². The van der Waals surface area contributed by atoms with Gasteiger partial charge in [-0.25, -0.2) is 9.37 Å². The van der Waals surface area contributed by atoms with Crippen LogP contribution in [0, 0.1) is 0 Å². The van der Waals surface area contributed by atoms with Crippen LogP contribution in [0.3, 0.4) is 0 Å². The van der Waals surface area contributed by atoms with Crippen LogP contribution in [-0.4, -0.2) is 124 Å². The molecular formula is C34H48ClFN8O4S. The van der Waals surface area contributed by atoms with E-state index in [1.165, 1.54) is 6.20 Å². The van der Waals surface area contributed by atoms with E-state index in [0.717, 1.165) is 19.4 Å². The standard InChI is InChI=1S/C34H48ClFN8O4S/c1-21-8-7-13-44(21)30(46)27(40-31(47)34(36)11-12-34)33(3,4)49-22(2)20-42-14-16-43(17-15-42)29(45)23-9-10-25(26(18-23)48-6)39-32-38-19-24(35)28(37-5)41-32/h9-10,18-19,21-22,27H,7-8,11-17,20H2,1-6H3,(H,40,47)(H2,37,38,39,41). The highest BCUT2D eigenvalue weighted by Crippen LogP contribution is 2.41. The summed E-state index contributed by atoms with van der Waals surface area (Å²) in [5.41, 5.74) is -0.732. The number of nitrogens with zero attached hydrogens (tertiary/aromatic N) is 5. The minimum absolute atomic E-state index is 0.0807. The molecule has 0 bridgehead atoms. The first-order chi connectivity index (χ1) is 23.2. The number of hydrogen-bond donors (Lipinski definition) is 3. The van der Waals surface area contributed by atoms with Crippen molar-refractivity contribution in [3.8, 4) is 5.75 Å². The van der Waals surface area contributed by atoms with Crippen LogP contribution in [0.25, 0.3) is 0 Å². The zero-order valence-electron chi connectivity index (χ0n) is 29.1. The average molecular weight is 719 g/mol. The lowest BCUT2D eigenvalue weighted by Crippen LogP contribution is -2.60. The number of likely N-dealkylation sites (tertiary alicyclic amines) is 1. The fourth-order valence-electron chi connectivity index (χ4n) is 6.51.